The second-order valence-electron chi connectivity index (χ2n) is 8.77. The molecule has 6 atom stereocenters. The van der Waals surface area contributed by atoms with Gasteiger partial charge in [0.1, 0.15) is 35.2 Å². The number of hydrogen-bond acceptors (Lipinski definition) is 10. The monoisotopic (exact) mass is 553 g/mol. The summed E-state index contributed by atoms with van der Waals surface area (Å²) in [5.74, 6) is 0.169. The number of carbonyl (C=O) groups is 1. The molecule has 0 spiro atoms. The van der Waals surface area contributed by atoms with E-state index in [9.17, 15) is 14.5 Å². The number of nitrogens with one attached hydrogen (secondary N) is 1. The molecule has 0 amide bonds. The third-order valence-electron chi connectivity index (χ3n) is 5.49. The lowest BCUT2D eigenvalue weighted by atomic mass is 10.2. The number of benzene rings is 1. The minimum Gasteiger partial charge on any atom is -0.462 e. The van der Waals surface area contributed by atoms with Crippen LogP contribution < -0.4 is 9.61 Å². The highest BCUT2D eigenvalue weighted by molar-refractivity contribution is 7.52. The number of aliphatic hydroxyl groups excluding tert-OH is 1. The molecule has 0 bridgehead atoms. The van der Waals surface area contributed by atoms with Gasteiger partial charge in [-0.3, -0.25) is 13.9 Å². The zero-order chi connectivity index (χ0) is 26.7. The van der Waals surface area contributed by atoms with Gasteiger partial charge in [-0.25, -0.2) is 19.5 Å². The number of para-hydroxylation sites is 1. The molecule has 200 valence electrons. The van der Waals surface area contributed by atoms with Crippen molar-refractivity contribution in [3.8, 4) is 5.75 Å². The first-order valence-corrected chi connectivity index (χ1v) is 13.7. The Hall–Kier alpha value is -2.60. The number of nitrogens with zero attached hydrogens (tertiary/aromatic N) is 4. The van der Waals surface area contributed by atoms with E-state index in [2.05, 4.69) is 20.0 Å². The summed E-state index contributed by atoms with van der Waals surface area (Å²) in [6.45, 7) is 6.28. The lowest BCUT2D eigenvalue weighted by molar-refractivity contribution is -0.149. The van der Waals surface area contributed by atoms with Crippen LogP contribution >= 0.6 is 19.3 Å². The van der Waals surface area contributed by atoms with Gasteiger partial charge in [0.05, 0.1) is 12.7 Å². The first kappa shape index (κ1) is 27.4. The van der Waals surface area contributed by atoms with Crippen molar-refractivity contribution < 1.29 is 33.0 Å². The molecule has 4 rings (SSSR count). The minimum atomic E-state index is -4.15. The van der Waals surface area contributed by atoms with Gasteiger partial charge < -0.3 is 19.1 Å². The van der Waals surface area contributed by atoms with Gasteiger partial charge in [-0.1, -0.05) is 18.2 Å². The number of aliphatic hydroxyl groups is 1. The van der Waals surface area contributed by atoms with Crippen LogP contribution in [0.2, 0.25) is 0 Å². The summed E-state index contributed by atoms with van der Waals surface area (Å²) < 4.78 is 37.8. The molecule has 1 aliphatic heterocycles. The lowest BCUT2D eigenvalue weighted by Crippen LogP contribution is -2.37. The Bertz CT molecular complexity index is 1280. The van der Waals surface area contributed by atoms with Crippen LogP contribution in [0.15, 0.2) is 42.7 Å². The number of alkyl halides is 1. The van der Waals surface area contributed by atoms with Gasteiger partial charge in [-0.2, -0.15) is 5.09 Å². The van der Waals surface area contributed by atoms with E-state index in [1.165, 1.54) is 19.3 Å². The number of hydrogen-bond donors (Lipinski definition) is 2. The van der Waals surface area contributed by atoms with Gasteiger partial charge in [0.15, 0.2) is 17.5 Å². The second kappa shape index (κ2) is 11.4. The van der Waals surface area contributed by atoms with Gasteiger partial charge in [0, 0.05) is 12.4 Å². The zero-order valence-electron chi connectivity index (χ0n) is 20.7. The number of carbonyl (C=O) groups excluding carboxylic acids is 1. The minimum absolute atomic E-state index is 0.253. The van der Waals surface area contributed by atoms with E-state index in [0.29, 0.717) is 17.1 Å². The summed E-state index contributed by atoms with van der Waals surface area (Å²) in [6, 6.07) is 7.33. The van der Waals surface area contributed by atoms with Crippen molar-refractivity contribution in [1.29, 1.82) is 0 Å². The number of halogens is 1. The van der Waals surface area contributed by atoms with E-state index >= 15 is 0 Å². The van der Waals surface area contributed by atoms with Crippen LogP contribution in [0, 0.1) is 6.92 Å². The maximum Gasteiger partial charge on any atom is 0.459 e. The van der Waals surface area contributed by atoms with Crippen LogP contribution in [0.25, 0.3) is 11.3 Å². The van der Waals surface area contributed by atoms with Crippen molar-refractivity contribution in [3.63, 3.8) is 0 Å². The Morgan fingerprint density at radius 3 is 2.65 bits per heavy atom. The molecular weight excluding hydrogens is 525 g/mol. The molecule has 0 unspecified atom stereocenters. The molecule has 1 fully saturated rings. The van der Waals surface area contributed by atoms with Crippen molar-refractivity contribution in [2.45, 2.75) is 63.7 Å². The van der Waals surface area contributed by atoms with Crippen LogP contribution in [0.1, 0.15) is 32.8 Å². The first-order chi connectivity index (χ1) is 17.6. The summed E-state index contributed by atoms with van der Waals surface area (Å²) in [6.07, 6.45) is -0.327. The van der Waals surface area contributed by atoms with Crippen LogP contribution in [0.5, 0.6) is 5.75 Å². The Kier molecular flexibility index (Phi) is 8.47. The highest BCUT2D eigenvalue weighted by atomic mass is 35.5. The Morgan fingerprint density at radius 1 is 1.24 bits per heavy atom. The van der Waals surface area contributed by atoms with Gasteiger partial charge in [0.25, 0.3) is 0 Å². The predicted octanol–water partition coefficient (Wildman–Crippen LogP) is 3.13. The molecule has 3 heterocycles. The lowest BCUT2D eigenvalue weighted by Gasteiger charge is -2.25. The second-order valence-corrected chi connectivity index (χ2v) is 11.0. The summed E-state index contributed by atoms with van der Waals surface area (Å²) >= 11 is 6.54. The van der Waals surface area contributed by atoms with E-state index in [1.54, 1.807) is 55.7 Å². The molecule has 1 aromatic carbocycles. The van der Waals surface area contributed by atoms with Gasteiger partial charge in [-0.05, 0) is 39.8 Å². The van der Waals surface area contributed by atoms with Crippen LogP contribution in [0.3, 0.4) is 0 Å². The number of aryl methyl sites for hydroxylation is 1. The molecule has 3 aromatic rings. The van der Waals surface area contributed by atoms with E-state index in [-0.39, 0.29) is 18.5 Å². The fourth-order valence-corrected chi connectivity index (χ4v) is 5.63. The van der Waals surface area contributed by atoms with Gasteiger partial charge in [0.2, 0.25) is 0 Å². The smallest absolute Gasteiger partial charge is 0.459 e. The topological polar surface area (TPSA) is 147 Å². The molecule has 14 heteroatoms. The molecule has 0 saturated carbocycles. The maximum absolute atomic E-state index is 13.7. The number of esters is 1. The van der Waals surface area contributed by atoms with E-state index < -0.39 is 43.6 Å². The Balaban J connectivity index is 1.51. The molecule has 37 heavy (non-hydrogen) atoms. The molecule has 1 saturated heterocycles. The summed E-state index contributed by atoms with van der Waals surface area (Å²) in [7, 11) is -4.15. The predicted molar refractivity (Wildman–Crippen MR) is 134 cm³/mol. The summed E-state index contributed by atoms with van der Waals surface area (Å²) in [5, 5.41) is 12.5. The van der Waals surface area contributed by atoms with Crippen molar-refractivity contribution in [2.24, 2.45) is 0 Å². The SMILES string of the molecule is Cc1nc2nccnc2n1[C@@H]1O[C@H](CO[P@@](=O)(N[C@H](C)C(=O)OC(C)C)Oc2ccccc2)[C@@H](O)[C@@H]1Cl. The molecule has 12 nitrogen and oxygen atoms in total. The number of ether oxygens (including phenoxy) is 2. The normalized spacial score (nSPS) is 24.2. The van der Waals surface area contributed by atoms with Crippen LogP contribution in [-0.2, 0) is 23.4 Å². The third-order valence-corrected chi connectivity index (χ3v) is 7.61. The van der Waals surface area contributed by atoms with Crippen molar-refractivity contribution in [1.82, 2.24) is 24.6 Å². The Labute approximate surface area is 218 Å². The van der Waals surface area contributed by atoms with E-state index in [4.69, 9.17) is 30.1 Å². The number of aromatic nitrogens is 4. The molecule has 2 aromatic heterocycles. The van der Waals surface area contributed by atoms with Crippen LogP contribution in [-0.4, -0.2) is 66.9 Å². The van der Waals surface area contributed by atoms with Crippen LogP contribution in [0.4, 0.5) is 0 Å². The standard InChI is InChI=1S/C23H29ClN5O7P/c1-13(2)34-23(31)14(3)28-37(32,36-16-8-6-5-7-9-16)33-12-17-19(30)18(24)22(35-17)29-15(4)27-20-21(29)26-11-10-25-20/h5-11,13-14,17-19,22,30H,12H2,1-4H3,(H,28,32)/t14-,17-,18+,19-,22-,37+/m1/s1. The highest BCUT2D eigenvalue weighted by Gasteiger charge is 2.46. The van der Waals surface area contributed by atoms with Gasteiger partial charge >= 0.3 is 13.7 Å². The van der Waals surface area contributed by atoms with Gasteiger partial charge in [-0.15, -0.1) is 11.6 Å². The third kappa shape index (κ3) is 6.28. The maximum atomic E-state index is 13.7. The van der Waals surface area contributed by atoms with Crippen molar-refractivity contribution in [3.05, 3.63) is 48.5 Å². The molecule has 1 aliphatic rings. The van der Waals surface area contributed by atoms with E-state index in [1.807, 2.05) is 0 Å². The highest BCUT2D eigenvalue weighted by Crippen LogP contribution is 2.46. The van der Waals surface area contributed by atoms with E-state index in [0.717, 1.165) is 0 Å². The molecular formula is C23H29ClN5O7P. The fourth-order valence-electron chi connectivity index (χ4n) is 3.79. The fraction of sp³-hybridized carbons (Fsp3) is 0.478. The molecule has 2 N–H and O–H groups in total. The average Bonchev–Trinajstić information content (AvgIpc) is 3.32. The van der Waals surface area contributed by atoms with Crippen molar-refractivity contribution in [2.75, 3.05) is 6.61 Å². The van der Waals surface area contributed by atoms with Crippen molar-refractivity contribution >= 4 is 36.6 Å². The molecule has 0 aliphatic carbocycles. The first-order valence-electron chi connectivity index (χ1n) is 11.7. The zero-order valence-corrected chi connectivity index (χ0v) is 22.4. The number of rotatable bonds is 10. The largest absolute Gasteiger partial charge is 0.462 e. The Morgan fingerprint density at radius 2 is 1.95 bits per heavy atom. The number of imidazole rings is 1. The molecule has 0 radical (unpaired) electrons. The number of fused-ring (bicyclic) bond motifs is 1. The quantitative estimate of drug-likeness (QED) is 0.217. The summed E-state index contributed by atoms with van der Waals surface area (Å²) in [4.78, 5) is 25.2. The summed E-state index contributed by atoms with van der Waals surface area (Å²) in [5.41, 5.74) is 0.857. The average molecular weight is 554 g/mol.